The number of ether oxygens (including phenoxy) is 2. The highest BCUT2D eigenvalue weighted by Crippen LogP contribution is 2.43. The van der Waals surface area contributed by atoms with Gasteiger partial charge in [0, 0.05) is 13.0 Å². The molecule has 0 bridgehead atoms. The van der Waals surface area contributed by atoms with E-state index in [1.807, 2.05) is 21.1 Å². The van der Waals surface area contributed by atoms with Gasteiger partial charge in [-0.05, 0) is 12.8 Å². The van der Waals surface area contributed by atoms with Crippen LogP contribution in [0.25, 0.3) is 0 Å². The van der Waals surface area contributed by atoms with E-state index in [9.17, 15) is 14.3 Å². The van der Waals surface area contributed by atoms with Crippen LogP contribution in [0.4, 0.5) is 0 Å². The van der Waals surface area contributed by atoms with E-state index < -0.39 is 13.9 Å². The van der Waals surface area contributed by atoms with Crippen LogP contribution in [0.1, 0.15) is 206 Å². The summed E-state index contributed by atoms with van der Waals surface area (Å²) in [5.41, 5.74) is 0. The van der Waals surface area contributed by atoms with E-state index >= 15 is 0 Å². The number of esters is 1. The molecule has 1 N–H and O–H groups in total. The molecule has 2 unspecified atom stereocenters. The topological polar surface area (TPSA) is 91.3 Å². The molecule has 0 rings (SSSR count). The standard InChI is InChI=1S/C42H86NO7P/c1-6-8-10-12-14-15-16-17-18-19-20-21-22-23-24-25-26-27-28-29-30-31-33-35-42(44)50-41(39-47-37-34-32-13-11-9-7-2)40-49-51(45,46)48-38-36-43(3,4)5/h41H,6-40H2,1-5H3/p+1. The predicted molar refractivity (Wildman–Crippen MR) is 215 cm³/mol. The van der Waals surface area contributed by atoms with E-state index in [-0.39, 0.29) is 25.8 Å². The summed E-state index contributed by atoms with van der Waals surface area (Å²) in [7, 11) is 1.68. The lowest BCUT2D eigenvalue weighted by Crippen LogP contribution is -2.37. The maximum absolute atomic E-state index is 12.6. The van der Waals surface area contributed by atoms with Crippen LogP contribution in [-0.2, 0) is 27.9 Å². The van der Waals surface area contributed by atoms with Gasteiger partial charge in [0.05, 0.1) is 34.4 Å². The van der Waals surface area contributed by atoms with Gasteiger partial charge in [-0.2, -0.15) is 0 Å². The number of phosphoric ester groups is 1. The van der Waals surface area contributed by atoms with E-state index in [1.54, 1.807) is 0 Å². The number of carbonyl (C=O) groups excluding carboxylic acids is 1. The first-order valence-electron chi connectivity index (χ1n) is 21.8. The van der Waals surface area contributed by atoms with Crippen molar-refractivity contribution in [1.82, 2.24) is 0 Å². The minimum atomic E-state index is -4.25. The fourth-order valence-electron chi connectivity index (χ4n) is 6.26. The highest BCUT2D eigenvalue weighted by atomic mass is 31.2. The monoisotopic (exact) mass is 749 g/mol. The summed E-state index contributed by atoms with van der Waals surface area (Å²) in [5, 5.41) is 0. The van der Waals surface area contributed by atoms with Crippen LogP contribution in [0.5, 0.6) is 0 Å². The van der Waals surface area contributed by atoms with E-state index in [0.717, 1.165) is 32.1 Å². The summed E-state index contributed by atoms with van der Waals surface area (Å²) in [6, 6.07) is 0. The summed E-state index contributed by atoms with van der Waals surface area (Å²) in [6.45, 7) is 5.62. The van der Waals surface area contributed by atoms with E-state index in [1.165, 1.54) is 154 Å². The van der Waals surface area contributed by atoms with Crippen LogP contribution in [-0.4, -0.2) is 75.6 Å². The Morgan fingerprint density at radius 2 is 0.902 bits per heavy atom. The molecule has 306 valence electrons. The van der Waals surface area contributed by atoms with Crippen molar-refractivity contribution in [2.45, 2.75) is 213 Å². The highest BCUT2D eigenvalue weighted by Gasteiger charge is 2.26. The molecular weight excluding hydrogens is 661 g/mol. The van der Waals surface area contributed by atoms with Gasteiger partial charge < -0.3 is 18.9 Å². The van der Waals surface area contributed by atoms with Crippen molar-refractivity contribution >= 4 is 13.8 Å². The van der Waals surface area contributed by atoms with Crippen molar-refractivity contribution in [2.75, 3.05) is 54.1 Å². The minimum absolute atomic E-state index is 0.0931. The average Bonchev–Trinajstić information content (AvgIpc) is 3.08. The number of phosphoric acid groups is 1. The molecule has 0 fully saturated rings. The Labute approximate surface area is 317 Å². The lowest BCUT2D eigenvalue weighted by Gasteiger charge is -2.24. The van der Waals surface area contributed by atoms with Gasteiger partial charge in [-0.3, -0.25) is 13.8 Å². The summed E-state index contributed by atoms with van der Waals surface area (Å²) in [6.07, 6.45) is 37.3. The summed E-state index contributed by atoms with van der Waals surface area (Å²) < 4.78 is 34.7. The lowest BCUT2D eigenvalue weighted by atomic mass is 10.0. The van der Waals surface area contributed by atoms with Gasteiger partial charge in [0.15, 0.2) is 0 Å². The van der Waals surface area contributed by atoms with Crippen molar-refractivity contribution in [3.63, 3.8) is 0 Å². The number of quaternary nitrogens is 1. The molecule has 8 nitrogen and oxygen atoms in total. The zero-order chi connectivity index (χ0) is 37.7. The smallest absolute Gasteiger partial charge is 0.457 e. The normalized spacial score (nSPS) is 13.8. The second-order valence-corrected chi connectivity index (χ2v) is 17.5. The van der Waals surface area contributed by atoms with Crippen LogP contribution in [0.2, 0.25) is 0 Å². The second kappa shape index (κ2) is 36.5. The fourth-order valence-corrected chi connectivity index (χ4v) is 7.00. The SMILES string of the molecule is CCCCCCCCCCCCCCCCCCCCCCCCCC(=O)OC(COCCCCCCCC)COP(=O)(O)OCC[N+](C)(C)C. The molecule has 0 saturated carbocycles. The van der Waals surface area contributed by atoms with Gasteiger partial charge in [0.2, 0.25) is 0 Å². The summed E-state index contributed by atoms with van der Waals surface area (Å²) in [4.78, 5) is 22.7. The zero-order valence-corrected chi connectivity index (χ0v) is 35.5. The molecule has 0 aromatic rings. The van der Waals surface area contributed by atoms with Crippen LogP contribution in [0, 0.1) is 0 Å². The molecule has 9 heteroatoms. The van der Waals surface area contributed by atoms with Gasteiger partial charge in [0.25, 0.3) is 0 Å². The molecule has 0 heterocycles. The van der Waals surface area contributed by atoms with Gasteiger partial charge in [-0.25, -0.2) is 4.57 Å². The van der Waals surface area contributed by atoms with Crippen LogP contribution in [0.15, 0.2) is 0 Å². The van der Waals surface area contributed by atoms with E-state index in [0.29, 0.717) is 24.1 Å². The Balaban J connectivity index is 3.93. The molecule has 0 aromatic carbocycles. The largest absolute Gasteiger partial charge is 0.472 e. The maximum atomic E-state index is 12.6. The molecule has 0 aromatic heterocycles. The molecule has 0 amide bonds. The van der Waals surface area contributed by atoms with Crippen molar-refractivity contribution in [3.8, 4) is 0 Å². The van der Waals surface area contributed by atoms with Crippen LogP contribution >= 0.6 is 7.82 Å². The molecule has 0 aliphatic heterocycles. The maximum Gasteiger partial charge on any atom is 0.472 e. The Bertz CT molecular complexity index is 792. The number of nitrogens with zero attached hydrogens (tertiary/aromatic N) is 1. The van der Waals surface area contributed by atoms with E-state index in [2.05, 4.69) is 13.8 Å². The Morgan fingerprint density at radius 1 is 0.529 bits per heavy atom. The highest BCUT2D eigenvalue weighted by molar-refractivity contribution is 7.47. The van der Waals surface area contributed by atoms with Gasteiger partial charge in [-0.15, -0.1) is 0 Å². The fraction of sp³-hybridized carbons (Fsp3) is 0.976. The Hall–Kier alpha value is -0.500. The van der Waals surface area contributed by atoms with Gasteiger partial charge >= 0.3 is 13.8 Å². The number of likely N-dealkylation sites (N-methyl/N-ethyl adjacent to an activating group) is 1. The number of unbranched alkanes of at least 4 members (excludes halogenated alkanes) is 27. The molecular formula is C42H87NO7P+. The Kier molecular flexibility index (Phi) is 36.1. The third kappa shape index (κ3) is 40.5. The van der Waals surface area contributed by atoms with Gasteiger partial charge in [0.1, 0.15) is 19.3 Å². The van der Waals surface area contributed by atoms with Crippen molar-refractivity contribution < 1.29 is 37.3 Å². The molecule has 2 atom stereocenters. The lowest BCUT2D eigenvalue weighted by molar-refractivity contribution is -0.870. The van der Waals surface area contributed by atoms with Crippen molar-refractivity contribution in [3.05, 3.63) is 0 Å². The first kappa shape index (κ1) is 50.5. The number of rotatable bonds is 41. The van der Waals surface area contributed by atoms with Crippen LogP contribution < -0.4 is 0 Å². The minimum Gasteiger partial charge on any atom is -0.457 e. The number of hydrogen-bond donors (Lipinski definition) is 1. The molecule has 51 heavy (non-hydrogen) atoms. The zero-order valence-electron chi connectivity index (χ0n) is 34.6. The quantitative estimate of drug-likeness (QED) is 0.0288. The summed E-state index contributed by atoms with van der Waals surface area (Å²) in [5.74, 6) is -0.311. The van der Waals surface area contributed by atoms with Crippen molar-refractivity contribution in [1.29, 1.82) is 0 Å². The molecule has 0 radical (unpaired) electrons. The molecule has 0 saturated heterocycles. The second-order valence-electron chi connectivity index (χ2n) is 16.1. The molecule has 0 aliphatic rings. The first-order chi connectivity index (χ1) is 24.6. The third-order valence-electron chi connectivity index (χ3n) is 9.67. The van der Waals surface area contributed by atoms with Crippen molar-refractivity contribution in [2.24, 2.45) is 0 Å². The first-order valence-corrected chi connectivity index (χ1v) is 23.3. The molecule has 0 spiro atoms. The predicted octanol–water partition coefficient (Wildman–Crippen LogP) is 12.5. The average molecular weight is 749 g/mol. The van der Waals surface area contributed by atoms with Gasteiger partial charge in [-0.1, -0.05) is 187 Å². The number of hydrogen-bond acceptors (Lipinski definition) is 6. The summed E-state index contributed by atoms with van der Waals surface area (Å²) >= 11 is 0. The Morgan fingerprint density at radius 3 is 1.29 bits per heavy atom. The van der Waals surface area contributed by atoms with Crippen LogP contribution in [0.3, 0.4) is 0 Å². The number of carbonyl (C=O) groups is 1. The van der Waals surface area contributed by atoms with E-state index in [4.69, 9.17) is 18.5 Å². The third-order valence-corrected chi connectivity index (χ3v) is 10.7. The molecule has 0 aliphatic carbocycles.